The Kier molecular flexibility index (Phi) is 4.57. The average molecular weight is 434 g/mol. The third-order valence-electron chi connectivity index (χ3n) is 4.70. The van der Waals surface area contributed by atoms with Crippen LogP contribution in [-0.4, -0.2) is 20.6 Å². The van der Waals surface area contributed by atoms with E-state index in [0.29, 0.717) is 21.8 Å². The molecule has 0 aliphatic carbocycles. The van der Waals surface area contributed by atoms with Gasteiger partial charge < -0.3 is 9.52 Å². The Balaban J connectivity index is 1.74. The van der Waals surface area contributed by atoms with Crippen molar-refractivity contribution in [2.45, 2.75) is 6.54 Å². The molecule has 0 unspecified atom stereocenters. The number of thiophene rings is 2. The van der Waals surface area contributed by atoms with E-state index in [4.69, 9.17) is 14.5 Å². The SMILES string of the molecule is O=C(O)c1ccc(Cn2c(-c3ccccc3)nc3scc(-c4cccs4)c3c2=O)o1. The number of rotatable bonds is 5. The summed E-state index contributed by atoms with van der Waals surface area (Å²) < 4.78 is 6.96. The van der Waals surface area contributed by atoms with Gasteiger partial charge in [0.1, 0.15) is 16.4 Å². The number of carboxylic acid groups (broad SMARTS) is 1. The molecule has 5 rings (SSSR count). The van der Waals surface area contributed by atoms with Crippen LogP contribution in [0.4, 0.5) is 0 Å². The minimum Gasteiger partial charge on any atom is -0.475 e. The molecule has 4 heterocycles. The van der Waals surface area contributed by atoms with Crippen LogP contribution in [0.25, 0.3) is 32.0 Å². The van der Waals surface area contributed by atoms with Crippen LogP contribution in [-0.2, 0) is 6.54 Å². The second kappa shape index (κ2) is 7.40. The van der Waals surface area contributed by atoms with Gasteiger partial charge in [-0.15, -0.1) is 22.7 Å². The Morgan fingerprint density at radius 3 is 2.60 bits per heavy atom. The fourth-order valence-corrected chi connectivity index (χ4v) is 5.08. The summed E-state index contributed by atoms with van der Waals surface area (Å²) in [5.74, 6) is -0.423. The summed E-state index contributed by atoms with van der Waals surface area (Å²) in [7, 11) is 0. The van der Waals surface area contributed by atoms with Crippen LogP contribution in [0.1, 0.15) is 16.3 Å². The summed E-state index contributed by atoms with van der Waals surface area (Å²) in [6.45, 7) is 0.0823. The maximum atomic E-state index is 13.6. The van der Waals surface area contributed by atoms with Crippen LogP contribution < -0.4 is 5.56 Å². The molecule has 8 heteroatoms. The van der Waals surface area contributed by atoms with Gasteiger partial charge in [0.15, 0.2) is 0 Å². The van der Waals surface area contributed by atoms with E-state index in [1.54, 1.807) is 22.0 Å². The van der Waals surface area contributed by atoms with Crippen molar-refractivity contribution in [3.05, 3.63) is 87.2 Å². The predicted molar refractivity (Wildman–Crippen MR) is 117 cm³/mol. The lowest BCUT2D eigenvalue weighted by molar-refractivity contribution is 0.0660. The van der Waals surface area contributed by atoms with Crippen molar-refractivity contribution in [2.24, 2.45) is 0 Å². The third-order valence-corrected chi connectivity index (χ3v) is 6.47. The molecule has 5 aromatic rings. The monoisotopic (exact) mass is 434 g/mol. The van der Waals surface area contributed by atoms with Crippen molar-refractivity contribution in [3.63, 3.8) is 0 Å². The lowest BCUT2D eigenvalue weighted by Crippen LogP contribution is -2.23. The summed E-state index contributed by atoms with van der Waals surface area (Å²) in [5, 5.41) is 13.6. The number of aromatic nitrogens is 2. The van der Waals surface area contributed by atoms with Gasteiger partial charge >= 0.3 is 5.97 Å². The van der Waals surface area contributed by atoms with Crippen molar-refractivity contribution in [1.29, 1.82) is 0 Å². The quantitative estimate of drug-likeness (QED) is 0.411. The first-order chi connectivity index (χ1) is 14.6. The molecule has 0 aliphatic rings. The normalized spacial score (nSPS) is 11.2. The summed E-state index contributed by atoms with van der Waals surface area (Å²) in [5.41, 5.74) is 1.48. The van der Waals surface area contributed by atoms with E-state index < -0.39 is 5.97 Å². The molecule has 0 fully saturated rings. The smallest absolute Gasteiger partial charge is 0.371 e. The second-order valence-electron chi connectivity index (χ2n) is 6.57. The fourth-order valence-electron chi connectivity index (χ4n) is 3.33. The molecule has 0 atom stereocenters. The van der Waals surface area contributed by atoms with Gasteiger partial charge in [-0.05, 0) is 23.6 Å². The number of nitrogens with zero attached hydrogens (tertiary/aromatic N) is 2. The number of hydrogen-bond acceptors (Lipinski definition) is 6. The van der Waals surface area contributed by atoms with Gasteiger partial charge in [0.2, 0.25) is 5.76 Å². The molecule has 1 aromatic carbocycles. The van der Waals surface area contributed by atoms with E-state index >= 15 is 0 Å². The predicted octanol–water partition coefficient (Wildman–Crippen LogP) is 5.19. The molecule has 1 N–H and O–H groups in total. The number of benzene rings is 1. The first-order valence-electron chi connectivity index (χ1n) is 9.05. The highest BCUT2D eigenvalue weighted by Gasteiger charge is 2.20. The molecule has 6 nitrogen and oxygen atoms in total. The molecule has 148 valence electrons. The zero-order chi connectivity index (χ0) is 20.7. The highest BCUT2D eigenvalue weighted by Crippen LogP contribution is 2.34. The fraction of sp³-hybridized carbons (Fsp3) is 0.0455. The van der Waals surface area contributed by atoms with Crippen LogP contribution in [0.2, 0.25) is 0 Å². The van der Waals surface area contributed by atoms with Crippen LogP contribution >= 0.6 is 22.7 Å². The second-order valence-corrected chi connectivity index (χ2v) is 8.38. The summed E-state index contributed by atoms with van der Waals surface area (Å²) in [6.07, 6.45) is 0. The number of carboxylic acids is 1. The molecule has 0 saturated carbocycles. The molecular weight excluding hydrogens is 420 g/mol. The van der Waals surface area contributed by atoms with E-state index in [1.807, 2.05) is 53.2 Å². The Bertz CT molecular complexity index is 1410. The zero-order valence-corrected chi connectivity index (χ0v) is 17.1. The standard InChI is InChI=1S/C22H14N2O4S2/c25-21-18-15(17-7-4-10-29-17)12-30-20(18)23-19(13-5-2-1-3-6-13)24(21)11-14-8-9-16(28-14)22(26)27/h1-10,12H,11H2,(H,26,27). The van der Waals surface area contributed by atoms with Crippen molar-refractivity contribution >= 4 is 38.9 Å². The van der Waals surface area contributed by atoms with Crippen LogP contribution in [0.15, 0.2) is 74.6 Å². The Labute approximate surface area is 178 Å². The summed E-state index contributed by atoms with van der Waals surface area (Å²) in [6, 6.07) is 16.3. The lowest BCUT2D eigenvalue weighted by atomic mass is 10.1. The molecule has 0 aliphatic heterocycles. The van der Waals surface area contributed by atoms with Gasteiger partial charge in [0.25, 0.3) is 5.56 Å². The molecule has 0 spiro atoms. The highest BCUT2D eigenvalue weighted by molar-refractivity contribution is 7.18. The van der Waals surface area contributed by atoms with Crippen LogP contribution in [0, 0.1) is 0 Å². The van der Waals surface area contributed by atoms with Gasteiger partial charge in [0.05, 0.1) is 11.9 Å². The lowest BCUT2D eigenvalue weighted by Gasteiger charge is -2.12. The minimum atomic E-state index is -1.15. The van der Waals surface area contributed by atoms with Gasteiger partial charge in [-0.1, -0.05) is 36.4 Å². The van der Waals surface area contributed by atoms with Crippen LogP contribution in [0.5, 0.6) is 0 Å². The summed E-state index contributed by atoms with van der Waals surface area (Å²) in [4.78, 5) is 31.3. The van der Waals surface area contributed by atoms with Crippen molar-refractivity contribution in [1.82, 2.24) is 9.55 Å². The largest absolute Gasteiger partial charge is 0.475 e. The zero-order valence-electron chi connectivity index (χ0n) is 15.4. The molecule has 0 radical (unpaired) electrons. The summed E-state index contributed by atoms with van der Waals surface area (Å²) >= 11 is 3.01. The van der Waals surface area contributed by atoms with E-state index in [-0.39, 0.29) is 17.9 Å². The molecular formula is C22H14N2O4S2. The van der Waals surface area contributed by atoms with Gasteiger partial charge in [-0.25, -0.2) is 9.78 Å². The molecule has 30 heavy (non-hydrogen) atoms. The number of carbonyl (C=O) groups is 1. The first kappa shape index (κ1) is 18.5. The maximum Gasteiger partial charge on any atom is 0.371 e. The number of fused-ring (bicyclic) bond motifs is 1. The third kappa shape index (κ3) is 3.16. The maximum absolute atomic E-state index is 13.6. The molecule has 0 amide bonds. The highest BCUT2D eigenvalue weighted by atomic mass is 32.1. The Hall–Kier alpha value is -3.49. The Morgan fingerprint density at radius 1 is 1.07 bits per heavy atom. The van der Waals surface area contributed by atoms with Crippen molar-refractivity contribution < 1.29 is 14.3 Å². The molecule has 0 saturated heterocycles. The van der Waals surface area contributed by atoms with Gasteiger partial charge in [-0.3, -0.25) is 9.36 Å². The Morgan fingerprint density at radius 2 is 1.90 bits per heavy atom. The number of hydrogen-bond donors (Lipinski definition) is 1. The molecule has 0 bridgehead atoms. The van der Waals surface area contributed by atoms with Gasteiger partial charge in [0, 0.05) is 21.4 Å². The van der Waals surface area contributed by atoms with E-state index in [9.17, 15) is 9.59 Å². The van der Waals surface area contributed by atoms with E-state index in [2.05, 4.69) is 0 Å². The molecule has 4 aromatic heterocycles. The van der Waals surface area contributed by atoms with Gasteiger partial charge in [-0.2, -0.15) is 0 Å². The number of furan rings is 1. The average Bonchev–Trinajstić information content (AvgIpc) is 3.51. The van der Waals surface area contributed by atoms with E-state index in [0.717, 1.165) is 16.0 Å². The van der Waals surface area contributed by atoms with Crippen molar-refractivity contribution in [3.8, 4) is 21.8 Å². The minimum absolute atomic E-state index is 0.0823. The van der Waals surface area contributed by atoms with E-state index in [1.165, 1.54) is 17.4 Å². The topological polar surface area (TPSA) is 85.3 Å². The van der Waals surface area contributed by atoms with Crippen molar-refractivity contribution in [2.75, 3.05) is 0 Å². The van der Waals surface area contributed by atoms with Crippen LogP contribution in [0.3, 0.4) is 0 Å². The first-order valence-corrected chi connectivity index (χ1v) is 10.8. The number of aromatic carboxylic acids is 1.